The molecular formula is C15H22N6O. The zero-order valence-corrected chi connectivity index (χ0v) is 12.8. The molecule has 1 unspecified atom stereocenters. The van der Waals surface area contributed by atoms with Gasteiger partial charge in [0.2, 0.25) is 0 Å². The van der Waals surface area contributed by atoms with E-state index in [1.807, 2.05) is 24.1 Å². The number of piperidine rings is 1. The van der Waals surface area contributed by atoms with Gasteiger partial charge in [-0.15, -0.1) is 0 Å². The Morgan fingerprint density at radius 2 is 2.32 bits per heavy atom. The predicted molar refractivity (Wildman–Crippen MR) is 84.8 cm³/mol. The fraction of sp³-hybridized carbons (Fsp3) is 0.533. The molecule has 7 heteroatoms. The maximum atomic E-state index is 11.2. The molecule has 3 rings (SSSR count). The highest BCUT2D eigenvalue weighted by Gasteiger charge is 2.23. The van der Waals surface area contributed by atoms with Crippen LogP contribution >= 0.6 is 0 Å². The van der Waals surface area contributed by atoms with Gasteiger partial charge in [0, 0.05) is 50.6 Å². The second kappa shape index (κ2) is 6.74. The summed E-state index contributed by atoms with van der Waals surface area (Å²) in [7, 11) is 1.92. The van der Waals surface area contributed by atoms with Crippen LogP contribution in [0, 0.1) is 0 Å². The molecule has 1 fully saturated rings. The Labute approximate surface area is 129 Å². The number of nitrogens with one attached hydrogen (secondary N) is 2. The van der Waals surface area contributed by atoms with E-state index in [2.05, 4.69) is 25.5 Å². The molecule has 1 atom stereocenters. The molecule has 22 heavy (non-hydrogen) atoms. The third-order valence-electron chi connectivity index (χ3n) is 4.05. The van der Waals surface area contributed by atoms with Crippen molar-refractivity contribution >= 4 is 5.82 Å². The first kappa shape index (κ1) is 14.8. The van der Waals surface area contributed by atoms with Gasteiger partial charge in [-0.1, -0.05) is 0 Å². The van der Waals surface area contributed by atoms with E-state index in [0.717, 1.165) is 31.9 Å². The predicted octanol–water partition coefficient (Wildman–Crippen LogP) is 0.652. The van der Waals surface area contributed by atoms with E-state index in [-0.39, 0.29) is 5.56 Å². The molecule has 2 aromatic rings. The molecule has 0 radical (unpaired) electrons. The van der Waals surface area contributed by atoms with E-state index < -0.39 is 0 Å². The average Bonchev–Trinajstić information content (AvgIpc) is 2.94. The molecule has 1 saturated heterocycles. The minimum absolute atomic E-state index is 0.160. The Morgan fingerprint density at radius 3 is 3.05 bits per heavy atom. The fourth-order valence-corrected chi connectivity index (χ4v) is 2.96. The first-order valence-electron chi connectivity index (χ1n) is 7.73. The third-order valence-corrected chi connectivity index (χ3v) is 4.05. The number of aromatic amines is 1. The van der Waals surface area contributed by atoms with Crippen molar-refractivity contribution in [3.8, 4) is 0 Å². The van der Waals surface area contributed by atoms with Crippen LogP contribution in [0.4, 0.5) is 5.82 Å². The summed E-state index contributed by atoms with van der Waals surface area (Å²) in [6.45, 7) is 2.70. The van der Waals surface area contributed by atoms with Gasteiger partial charge in [-0.2, -0.15) is 10.2 Å². The van der Waals surface area contributed by atoms with Crippen LogP contribution in [0.2, 0.25) is 0 Å². The molecule has 0 bridgehead atoms. The van der Waals surface area contributed by atoms with Gasteiger partial charge in [-0.05, 0) is 25.3 Å². The van der Waals surface area contributed by atoms with Crippen LogP contribution in [0.25, 0.3) is 0 Å². The van der Waals surface area contributed by atoms with Crippen LogP contribution in [0.15, 0.2) is 29.3 Å². The number of aromatic nitrogens is 4. The van der Waals surface area contributed by atoms with Crippen molar-refractivity contribution in [1.29, 1.82) is 0 Å². The lowest BCUT2D eigenvalue weighted by atomic mass is 10.0. The summed E-state index contributed by atoms with van der Waals surface area (Å²) < 4.78 is 1.81. The van der Waals surface area contributed by atoms with Gasteiger partial charge in [0.15, 0.2) is 0 Å². The van der Waals surface area contributed by atoms with Crippen LogP contribution in [0.1, 0.15) is 24.8 Å². The molecule has 0 saturated carbocycles. The van der Waals surface area contributed by atoms with Gasteiger partial charge in [0.1, 0.15) is 5.82 Å². The summed E-state index contributed by atoms with van der Waals surface area (Å²) in [6.07, 6.45) is 7.45. The van der Waals surface area contributed by atoms with Gasteiger partial charge in [-0.25, -0.2) is 5.10 Å². The summed E-state index contributed by atoms with van der Waals surface area (Å²) in [6, 6.07) is 3.75. The second-order valence-electron chi connectivity index (χ2n) is 5.78. The van der Waals surface area contributed by atoms with Gasteiger partial charge >= 0.3 is 0 Å². The molecule has 0 aliphatic carbocycles. The quantitative estimate of drug-likeness (QED) is 0.848. The van der Waals surface area contributed by atoms with Crippen molar-refractivity contribution in [1.82, 2.24) is 25.3 Å². The monoisotopic (exact) mass is 302 g/mol. The van der Waals surface area contributed by atoms with Crippen LogP contribution in [-0.4, -0.2) is 39.1 Å². The van der Waals surface area contributed by atoms with Crippen molar-refractivity contribution in [3.05, 3.63) is 40.4 Å². The SMILES string of the molecule is Cn1cc(CNCC2CCCCN2c2ccc(=O)[nH]n2)cn1. The summed E-state index contributed by atoms with van der Waals surface area (Å²) in [5.41, 5.74) is 1.03. The van der Waals surface area contributed by atoms with E-state index >= 15 is 0 Å². The maximum Gasteiger partial charge on any atom is 0.264 e. The number of hydrogen-bond donors (Lipinski definition) is 2. The zero-order valence-electron chi connectivity index (χ0n) is 12.8. The third kappa shape index (κ3) is 3.54. The first-order chi connectivity index (χ1) is 10.7. The largest absolute Gasteiger partial charge is 0.351 e. The molecule has 0 aromatic carbocycles. The van der Waals surface area contributed by atoms with Crippen molar-refractivity contribution < 1.29 is 0 Å². The fourth-order valence-electron chi connectivity index (χ4n) is 2.96. The molecule has 7 nitrogen and oxygen atoms in total. The lowest BCUT2D eigenvalue weighted by Crippen LogP contribution is -2.46. The van der Waals surface area contributed by atoms with Gasteiger partial charge in [-0.3, -0.25) is 9.48 Å². The van der Waals surface area contributed by atoms with Crippen molar-refractivity contribution in [2.45, 2.75) is 31.8 Å². The Hall–Kier alpha value is -2.15. The van der Waals surface area contributed by atoms with Crippen LogP contribution in [0.3, 0.4) is 0 Å². The van der Waals surface area contributed by atoms with Gasteiger partial charge in [0.05, 0.1) is 6.20 Å². The molecule has 118 valence electrons. The average molecular weight is 302 g/mol. The topological polar surface area (TPSA) is 78.8 Å². The highest BCUT2D eigenvalue weighted by atomic mass is 16.1. The second-order valence-corrected chi connectivity index (χ2v) is 5.78. The molecule has 2 aromatic heterocycles. The minimum atomic E-state index is -0.160. The van der Waals surface area contributed by atoms with E-state index in [4.69, 9.17) is 0 Å². The number of H-pyrrole nitrogens is 1. The minimum Gasteiger partial charge on any atom is -0.351 e. The number of nitrogens with zero attached hydrogens (tertiary/aromatic N) is 4. The molecular weight excluding hydrogens is 280 g/mol. The van der Waals surface area contributed by atoms with Crippen LogP contribution < -0.4 is 15.8 Å². The van der Waals surface area contributed by atoms with Crippen LogP contribution in [0.5, 0.6) is 0 Å². The molecule has 1 aliphatic rings. The Bertz CT molecular complexity index is 644. The number of rotatable bonds is 5. The molecule has 0 amide bonds. The molecule has 1 aliphatic heterocycles. The van der Waals surface area contributed by atoms with E-state index in [1.54, 1.807) is 6.07 Å². The normalized spacial score (nSPS) is 18.6. The first-order valence-corrected chi connectivity index (χ1v) is 7.73. The number of aryl methyl sites for hydroxylation is 1. The summed E-state index contributed by atoms with van der Waals surface area (Å²) in [4.78, 5) is 13.4. The highest BCUT2D eigenvalue weighted by molar-refractivity contribution is 5.38. The number of anilines is 1. The lowest BCUT2D eigenvalue weighted by molar-refractivity contribution is 0.431. The summed E-state index contributed by atoms with van der Waals surface area (Å²) in [5.74, 6) is 0.854. The van der Waals surface area contributed by atoms with Crippen molar-refractivity contribution in [3.63, 3.8) is 0 Å². The summed E-state index contributed by atoms with van der Waals surface area (Å²) >= 11 is 0. The van der Waals surface area contributed by atoms with E-state index in [0.29, 0.717) is 6.04 Å². The van der Waals surface area contributed by atoms with Gasteiger partial charge in [0.25, 0.3) is 5.56 Å². The highest BCUT2D eigenvalue weighted by Crippen LogP contribution is 2.21. The summed E-state index contributed by atoms with van der Waals surface area (Å²) in [5, 5.41) is 14.4. The molecule has 3 heterocycles. The lowest BCUT2D eigenvalue weighted by Gasteiger charge is -2.36. The molecule has 0 spiro atoms. The number of hydrogen-bond acceptors (Lipinski definition) is 5. The van der Waals surface area contributed by atoms with E-state index in [9.17, 15) is 4.79 Å². The molecule has 2 N–H and O–H groups in total. The van der Waals surface area contributed by atoms with E-state index in [1.165, 1.54) is 24.5 Å². The van der Waals surface area contributed by atoms with Gasteiger partial charge < -0.3 is 10.2 Å². The standard InChI is InChI=1S/C15H22N6O/c1-20-11-12(9-17-20)8-16-10-13-4-2-3-7-21(13)14-5-6-15(22)19-18-14/h5-6,9,11,13,16H,2-4,7-8,10H2,1H3,(H,19,22). The zero-order chi connectivity index (χ0) is 15.4. The Kier molecular flexibility index (Phi) is 4.53. The maximum absolute atomic E-state index is 11.2. The smallest absolute Gasteiger partial charge is 0.264 e. The Balaban J connectivity index is 1.60. The van der Waals surface area contributed by atoms with Crippen molar-refractivity contribution in [2.24, 2.45) is 7.05 Å². The Morgan fingerprint density at radius 1 is 1.41 bits per heavy atom. The van der Waals surface area contributed by atoms with Crippen LogP contribution in [-0.2, 0) is 13.6 Å². The van der Waals surface area contributed by atoms with Crippen molar-refractivity contribution in [2.75, 3.05) is 18.0 Å².